The van der Waals surface area contributed by atoms with Gasteiger partial charge in [0.2, 0.25) is 10.0 Å². The summed E-state index contributed by atoms with van der Waals surface area (Å²) in [5.41, 5.74) is 6.71. The minimum atomic E-state index is -3.90. The number of sulfonamides is 1. The number of carboxylic acids is 1. The molecule has 0 spiro atoms. The van der Waals surface area contributed by atoms with E-state index in [1.54, 1.807) is 36.7 Å². The van der Waals surface area contributed by atoms with Gasteiger partial charge in [0.05, 0.1) is 16.1 Å². The van der Waals surface area contributed by atoms with Gasteiger partial charge in [-0.2, -0.15) is 4.31 Å². The highest BCUT2D eigenvalue weighted by Crippen LogP contribution is 2.31. The maximum atomic E-state index is 13.0. The molecule has 2 aromatic carbocycles. The zero-order valence-corrected chi connectivity index (χ0v) is 20.5. The number of fused-ring (bicyclic) bond motifs is 1. The number of hydrogen-bond acceptors (Lipinski definition) is 8. The normalized spacial score (nSPS) is 17.2. The van der Waals surface area contributed by atoms with Crippen molar-refractivity contribution in [2.75, 3.05) is 6.54 Å². The molecule has 5 rings (SSSR count). The molecule has 37 heavy (non-hydrogen) atoms. The van der Waals surface area contributed by atoms with Crippen LogP contribution in [0.3, 0.4) is 0 Å². The molecule has 1 aliphatic rings. The lowest BCUT2D eigenvalue weighted by Crippen LogP contribution is -2.40. The first-order chi connectivity index (χ1) is 17.8. The molecule has 1 fully saturated rings. The van der Waals surface area contributed by atoms with Crippen LogP contribution in [0.4, 0.5) is 0 Å². The van der Waals surface area contributed by atoms with Crippen molar-refractivity contribution in [3.8, 4) is 22.4 Å². The predicted molar refractivity (Wildman–Crippen MR) is 137 cm³/mol. The smallest absolute Gasteiger partial charge is 0.322 e. The van der Waals surface area contributed by atoms with Crippen molar-refractivity contribution in [3.05, 3.63) is 78.6 Å². The van der Waals surface area contributed by atoms with Gasteiger partial charge in [-0.1, -0.05) is 36.4 Å². The fourth-order valence-electron chi connectivity index (χ4n) is 4.62. The molecule has 2 atom stereocenters. The van der Waals surface area contributed by atoms with Gasteiger partial charge in [-0.3, -0.25) is 15.6 Å². The number of nitrogens with one attached hydrogen (secondary N) is 1. The van der Waals surface area contributed by atoms with Gasteiger partial charge in [-0.25, -0.2) is 18.8 Å². The van der Waals surface area contributed by atoms with E-state index in [4.69, 9.17) is 5.84 Å². The highest BCUT2D eigenvalue weighted by molar-refractivity contribution is 7.89. The molecule has 1 saturated heterocycles. The monoisotopic (exact) mass is 519 g/mol. The number of nitrogens with zero attached hydrogens (tertiary/aromatic N) is 3. The summed E-state index contributed by atoms with van der Waals surface area (Å²) < 4.78 is 27.1. The SMILES string of the molecule is NNC(O)c1cc(-c2ccc(-c3ccc(S(=O)(=O)N4CCC[C@@H]4C(=O)O)cc3)cc2)nc2ccncc12. The molecule has 3 heterocycles. The van der Waals surface area contributed by atoms with Gasteiger partial charge in [-0.15, -0.1) is 0 Å². The number of nitrogens with two attached hydrogens (primary N) is 1. The molecule has 2 aromatic heterocycles. The van der Waals surface area contributed by atoms with Crippen LogP contribution in [0, 0.1) is 0 Å². The Labute approximate surface area is 213 Å². The zero-order valence-electron chi connectivity index (χ0n) is 19.7. The molecule has 4 aromatic rings. The van der Waals surface area contributed by atoms with Crippen molar-refractivity contribution < 1.29 is 23.4 Å². The number of carbonyl (C=O) groups is 1. The van der Waals surface area contributed by atoms with Crippen LogP contribution in [0.15, 0.2) is 78.0 Å². The number of aliphatic hydroxyl groups excluding tert-OH is 1. The molecule has 0 saturated carbocycles. The maximum Gasteiger partial charge on any atom is 0.322 e. The summed E-state index contributed by atoms with van der Waals surface area (Å²) in [5.74, 6) is 4.33. The molecule has 0 radical (unpaired) electrons. The van der Waals surface area contributed by atoms with Crippen molar-refractivity contribution in [3.63, 3.8) is 0 Å². The van der Waals surface area contributed by atoms with Crippen LogP contribution in [-0.2, 0) is 14.8 Å². The topological polar surface area (TPSA) is 159 Å². The van der Waals surface area contributed by atoms with Crippen LogP contribution in [0.25, 0.3) is 33.3 Å². The number of benzene rings is 2. The maximum absolute atomic E-state index is 13.0. The lowest BCUT2D eigenvalue weighted by Gasteiger charge is -2.21. The van der Waals surface area contributed by atoms with Crippen molar-refractivity contribution in [2.45, 2.75) is 30.0 Å². The van der Waals surface area contributed by atoms with Crippen LogP contribution in [0.1, 0.15) is 24.6 Å². The third-order valence-electron chi connectivity index (χ3n) is 6.56. The summed E-state index contributed by atoms with van der Waals surface area (Å²) in [7, 11) is -3.90. The van der Waals surface area contributed by atoms with Gasteiger partial charge < -0.3 is 10.2 Å². The fraction of sp³-hybridized carbons (Fsp3) is 0.192. The third kappa shape index (κ3) is 4.70. The number of rotatable bonds is 7. The number of hydrogen-bond donors (Lipinski definition) is 4. The Morgan fingerprint density at radius 3 is 2.35 bits per heavy atom. The van der Waals surface area contributed by atoms with E-state index >= 15 is 0 Å². The van der Waals surface area contributed by atoms with Crippen LogP contribution < -0.4 is 11.3 Å². The Balaban J connectivity index is 1.42. The molecular weight excluding hydrogens is 494 g/mol. The second-order valence-corrected chi connectivity index (χ2v) is 10.7. The summed E-state index contributed by atoms with van der Waals surface area (Å²) >= 11 is 0. The largest absolute Gasteiger partial charge is 0.480 e. The highest BCUT2D eigenvalue weighted by Gasteiger charge is 2.39. The zero-order chi connectivity index (χ0) is 26.2. The molecular formula is C26H25N5O5S. The van der Waals surface area contributed by atoms with Gasteiger partial charge in [-0.05, 0) is 48.2 Å². The van der Waals surface area contributed by atoms with E-state index in [9.17, 15) is 23.4 Å². The van der Waals surface area contributed by atoms with Crippen molar-refractivity contribution in [1.29, 1.82) is 0 Å². The summed E-state index contributed by atoms with van der Waals surface area (Å²) in [4.78, 5) is 20.3. The second-order valence-electron chi connectivity index (χ2n) is 8.77. The average Bonchev–Trinajstić information content (AvgIpc) is 3.44. The Kier molecular flexibility index (Phi) is 6.71. The van der Waals surface area contributed by atoms with E-state index in [0.717, 1.165) is 21.0 Å². The molecule has 190 valence electrons. The molecule has 5 N–H and O–H groups in total. The van der Waals surface area contributed by atoms with Crippen LogP contribution in [0.5, 0.6) is 0 Å². The Morgan fingerprint density at radius 1 is 1.05 bits per heavy atom. The molecule has 1 unspecified atom stereocenters. The third-order valence-corrected chi connectivity index (χ3v) is 8.48. The van der Waals surface area contributed by atoms with Gasteiger partial charge in [0.1, 0.15) is 12.3 Å². The predicted octanol–water partition coefficient (Wildman–Crippen LogP) is 2.66. The van der Waals surface area contributed by atoms with Gasteiger partial charge >= 0.3 is 5.97 Å². The van der Waals surface area contributed by atoms with Crippen molar-refractivity contribution in [1.82, 2.24) is 19.7 Å². The van der Waals surface area contributed by atoms with Crippen LogP contribution in [0.2, 0.25) is 0 Å². The van der Waals surface area contributed by atoms with E-state index in [0.29, 0.717) is 35.0 Å². The molecule has 10 nitrogen and oxygen atoms in total. The summed E-state index contributed by atoms with van der Waals surface area (Å²) in [6, 6.07) is 16.5. The van der Waals surface area contributed by atoms with E-state index in [1.807, 2.05) is 24.3 Å². The van der Waals surface area contributed by atoms with Crippen LogP contribution in [-0.4, -0.2) is 51.5 Å². The molecule has 1 aliphatic heterocycles. The van der Waals surface area contributed by atoms with Crippen LogP contribution >= 0.6 is 0 Å². The second kappa shape index (κ2) is 9.96. The Hall–Kier alpha value is -3.74. The van der Waals surface area contributed by atoms with Crippen molar-refractivity contribution >= 4 is 26.9 Å². The number of aromatic nitrogens is 2. The minimum absolute atomic E-state index is 0.0653. The van der Waals surface area contributed by atoms with Crippen molar-refractivity contribution in [2.24, 2.45) is 5.84 Å². The molecule has 0 aliphatic carbocycles. The summed E-state index contributed by atoms with van der Waals surface area (Å²) in [6.45, 7) is 0.196. The standard InChI is InChI=1S/C26H25N5O5S/c27-30-25(32)20-14-23(29-22-11-12-28-15-21(20)22)18-5-3-16(4-6-18)17-7-9-19(10-8-17)37(35,36)31-13-1-2-24(31)26(33)34/h3-12,14-15,24-25,30,32H,1-2,13,27H2,(H,33,34)/t24-,25?/m1/s1. The van der Waals surface area contributed by atoms with Gasteiger partial charge in [0.25, 0.3) is 0 Å². The molecule has 0 bridgehead atoms. The van der Waals surface area contributed by atoms with E-state index in [2.05, 4.69) is 15.4 Å². The van der Waals surface area contributed by atoms with E-state index < -0.39 is 28.3 Å². The Bertz CT molecular complexity index is 1560. The number of carboxylic acid groups (broad SMARTS) is 1. The van der Waals surface area contributed by atoms with Gasteiger partial charge in [0.15, 0.2) is 0 Å². The average molecular weight is 520 g/mol. The summed E-state index contributed by atoms with van der Waals surface area (Å²) in [5, 5.41) is 20.4. The lowest BCUT2D eigenvalue weighted by atomic mass is 10.0. The Morgan fingerprint density at radius 2 is 1.70 bits per heavy atom. The first kappa shape index (κ1) is 24.9. The molecule has 11 heteroatoms. The summed E-state index contributed by atoms with van der Waals surface area (Å²) in [6.07, 6.45) is 3.00. The molecule has 0 amide bonds. The number of hydrazine groups is 1. The number of pyridine rings is 2. The quantitative estimate of drug-likeness (QED) is 0.164. The number of aliphatic hydroxyl groups is 1. The van der Waals surface area contributed by atoms with Gasteiger partial charge in [0, 0.05) is 35.5 Å². The first-order valence-electron chi connectivity index (χ1n) is 11.6. The minimum Gasteiger partial charge on any atom is -0.480 e. The highest BCUT2D eigenvalue weighted by atomic mass is 32.2. The number of aliphatic carboxylic acids is 1. The lowest BCUT2D eigenvalue weighted by molar-refractivity contribution is -0.140. The fourth-order valence-corrected chi connectivity index (χ4v) is 6.27. The first-order valence-corrected chi connectivity index (χ1v) is 13.1. The van der Waals surface area contributed by atoms with E-state index in [1.165, 1.54) is 12.1 Å². The van der Waals surface area contributed by atoms with E-state index in [-0.39, 0.29) is 11.4 Å².